The van der Waals surface area contributed by atoms with E-state index < -0.39 is 10.8 Å². The highest BCUT2D eigenvalue weighted by Gasteiger charge is 2.11. The molecule has 0 amide bonds. The zero-order valence-corrected chi connectivity index (χ0v) is 13.0. The molecule has 0 aromatic carbocycles. The van der Waals surface area contributed by atoms with Gasteiger partial charge in [0.15, 0.2) is 0 Å². The van der Waals surface area contributed by atoms with Crippen LogP contribution in [0.2, 0.25) is 0 Å². The monoisotopic (exact) mass is 321 g/mol. The minimum atomic E-state index is -0.689. The summed E-state index contributed by atoms with van der Waals surface area (Å²) in [5.74, 6) is 1.45. The van der Waals surface area contributed by atoms with E-state index in [1.54, 1.807) is 0 Å². The molecule has 1 heterocycles. The molecule has 1 unspecified atom stereocenters. The Labute approximate surface area is 114 Å². The zero-order chi connectivity index (χ0) is 12.8. The fraction of sp³-hybridized carbons (Fsp3) is 0.727. The van der Waals surface area contributed by atoms with Crippen molar-refractivity contribution < 1.29 is 4.21 Å². The van der Waals surface area contributed by atoms with E-state index in [1.165, 1.54) is 0 Å². The van der Waals surface area contributed by atoms with Gasteiger partial charge in [0.1, 0.15) is 0 Å². The van der Waals surface area contributed by atoms with Crippen LogP contribution < -0.4 is 5.32 Å². The van der Waals surface area contributed by atoms with Crippen LogP contribution in [0.1, 0.15) is 25.2 Å². The molecule has 6 heteroatoms. The molecule has 0 fully saturated rings. The number of aromatic nitrogens is 2. The molecular weight excluding hydrogens is 302 g/mol. The highest BCUT2D eigenvalue weighted by molar-refractivity contribution is 9.10. The second-order valence-electron chi connectivity index (χ2n) is 3.79. The molecule has 1 N–H and O–H groups in total. The first-order chi connectivity index (χ1) is 8.10. The first kappa shape index (κ1) is 14.9. The lowest BCUT2D eigenvalue weighted by Crippen LogP contribution is -2.22. The Morgan fingerprint density at radius 3 is 2.71 bits per heavy atom. The summed E-state index contributed by atoms with van der Waals surface area (Å²) in [7, 11) is 1.26. The number of halogens is 1. The molecule has 98 valence electrons. The van der Waals surface area contributed by atoms with E-state index in [2.05, 4.69) is 33.3 Å². The summed E-state index contributed by atoms with van der Waals surface area (Å²) in [5.41, 5.74) is 2.23. The van der Waals surface area contributed by atoms with Crippen LogP contribution in [0, 0.1) is 0 Å². The molecule has 1 aromatic heterocycles. The molecule has 0 radical (unpaired) electrons. The van der Waals surface area contributed by atoms with Crippen molar-refractivity contribution in [1.29, 1.82) is 0 Å². The Morgan fingerprint density at radius 2 is 2.18 bits per heavy atom. The normalized spacial score (nSPS) is 12.9. The lowest BCUT2D eigenvalue weighted by atomic mass is 10.3. The van der Waals surface area contributed by atoms with Crippen molar-refractivity contribution in [2.45, 2.75) is 26.8 Å². The van der Waals surface area contributed by atoms with E-state index >= 15 is 0 Å². The number of aryl methyl sites for hydroxylation is 2. The van der Waals surface area contributed by atoms with Crippen LogP contribution in [-0.2, 0) is 30.8 Å². The van der Waals surface area contributed by atoms with Crippen molar-refractivity contribution in [3.05, 3.63) is 15.9 Å². The number of nitrogens with one attached hydrogen (secondary N) is 1. The third kappa shape index (κ3) is 4.19. The fourth-order valence-electron chi connectivity index (χ4n) is 1.55. The summed E-state index contributed by atoms with van der Waals surface area (Å²) in [4.78, 5) is 0. The average molecular weight is 322 g/mol. The third-order valence-electron chi connectivity index (χ3n) is 2.62. The molecule has 0 saturated carbocycles. The summed E-state index contributed by atoms with van der Waals surface area (Å²) < 4.78 is 14.2. The highest BCUT2D eigenvalue weighted by atomic mass is 79.9. The SMILES string of the molecule is CCc1nn(C)c(CNCCS(=O)CC)c1Br. The largest absolute Gasteiger partial charge is 0.310 e. The zero-order valence-electron chi connectivity index (χ0n) is 10.6. The van der Waals surface area contributed by atoms with Gasteiger partial charge in [-0.1, -0.05) is 13.8 Å². The van der Waals surface area contributed by atoms with Gasteiger partial charge in [0.25, 0.3) is 0 Å². The van der Waals surface area contributed by atoms with E-state index in [9.17, 15) is 4.21 Å². The van der Waals surface area contributed by atoms with Gasteiger partial charge in [0, 0.05) is 42.4 Å². The average Bonchev–Trinajstić information content (AvgIpc) is 2.60. The van der Waals surface area contributed by atoms with Crippen LogP contribution >= 0.6 is 15.9 Å². The fourth-order valence-corrected chi connectivity index (χ4v) is 2.97. The second kappa shape index (κ2) is 7.28. The van der Waals surface area contributed by atoms with Crippen molar-refractivity contribution in [1.82, 2.24) is 15.1 Å². The summed E-state index contributed by atoms with van der Waals surface area (Å²) >= 11 is 3.57. The quantitative estimate of drug-likeness (QED) is 0.776. The molecule has 0 saturated heterocycles. The van der Waals surface area contributed by atoms with Crippen LogP contribution in [0.25, 0.3) is 0 Å². The van der Waals surface area contributed by atoms with Gasteiger partial charge in [-0.2, -0.15) is 5.10 Å². The molecular formula is C11H20BrN3OS. The van der Waals surface area contributed by atoms with Crippen molar-refractivity contribution in [2.75, 3.05) is 18.1 Å². The van der Waals surface area contributed by atoms with Gasteiger partial charge >= 0.3 is 0 Å². The highest BCUT2D eigenvalue weighted by Crippen LogP contribution is 2.21. The smallest absolute Gasteiger partial charge is 0.0767 e. The number of hydrogen-bond donors (Lipinski definition) is 1. The first-order valence-corrected chi connectivity index (χ1v) is 8.14. The minimum Gasteiger partial charge on any atom is -0.310 e. The maximum atomic E-state index is 11.3. The van der Waals surface area contributed by atoms with Crippen LogP contribution in [0.4, 0.5) is 0 Å². The maximum absolute atomic E-state index is 11.3. The molecule has 1 atom stereocenters. The van der Waals surface area contributed by atoms with Gasteiger partial charge in [-0.15, -0.1) is 0 Å². The molecule has 0 bridgehead atoms. The molecule has 17 heavy (non-hydrogen) atoms. The Hall–Kier alpha value is -0.200. The molecule has 4 nitrogen and oxygen atoms in total. The summed E-state index contributed by atoms with van der Waals surface area (Å²) in [6, 6.07) is 0. The van der Waals surface area contributed by atoms with Crippen molar-refractivity contribution in [3.63, 3.8) is 0 Å². The maximum Gasteiger partial charge on any atom is 0.0767 e. The summed E-state index contributed by atoms with van der Waals surface area (Å²) in [6.45, 7) is 5.57. The van der Waals surface area contributed by atoms with Gasteiger partial charge in [-0.25, -0.2) is 0 Å². The Bertz CT molecular complexity index is 392. The van der Waals surface area contributed by atoms with E-state index in [0.717, 1.165) is 41.1 Å². The lowest BCUT2D eigenvalue weighted by molar-refractivity contribution is 0.634. The molecule has 1 rings (SSSR count). The molecule has 0 spiro atoms. The molecule has 0 aliphatic carbocycles. The minimum absolute atomic E-state index is 0.689. The van der Waals surface area contributed by atoms with E-state index in [0.29, 0.717) is 5.75 Å². The predicted octanol–water partition coefficient (Wildman–Crippen LogP) is 1.60. The predicted molar refractivity (Wildman–Crippen MR) is 75.5 cm³/mol. The molecule has 1 aromatic rings. The van der Waals surface area contributed by atoms with E-state index in [4.69, 9.17) is 0 Å². The van der Waals surface area contributed by atoms with Crippen LogP contribution in [-0.4, -0.2) is 32.0 Å². The Morgan fingerprint density at radius 1 is 1.47 bits per heavy atom. The second-order valence-corrected chi connectivity index (χ2v) is 6.45. The molecule has 0 aliphatic heterocycles. The van der Waals surface area contributed by atoms with Crippen LogP contribution in [0.5, 0.6) is 0 Å². The lowest BCUT2D eigenvalue weighted by Gasteiger charge is -2.05. The summed E-state index contributed by atoms with van der Waals surface area (Å²) in [5, 5.41) is 7.73. The first-order valence-electron chi connectivity index (χ1n) is 5.86. The topological polar surface area (TPSA) is 46.9 Å². The number of nitrogens with zero attached hydrogens (tertiary/aromatic N) is 2. The van der Waals surface area contributed by atoms with Crippen LogP contribution in [0.3, 0.4) is 0 Å². The van der Waals surface area contributed by atoms with Gasteiger partial charge in [-0.3, -0.25) is 8.89 Å². The van der Waals surface area contributed by atoms with Crippen molar-refractivity contribution in [2.24, 2.45) is 7.05 Å². The standard InChI is InChI=1S/C11H20BrN3OS/c1-4-9-11(12)10(15(3)14-9)8-13-6-7-17(16)5-2/h13H,4-8H2,1-3H3. The Kier molecular flexibility index (Phi) is 6.37. The Balaban J connectivity index is 2.46. The van der Waals surface area contributed by atoms with Crippen molar-refractivity contribution >= 4 is 26.7 Å². The number of hydrogen-bond acceptors (Lipinski definition) is 3. The van der Waals surface area contributed by atoms with Gasteiger partial charge in [-0.05, 0) is 22.4 Å². The summed E-state index contributed by atoms with van der Waals surface area (Å²) in [6.07, 6.45) is 0.925. The third-order valence-corrected chi connectivity index (χ3v) is 4.84. The van der Waals surface area contributed by atoms with Crippen molar-refractivity contribution in [3.8, 4) is 0 Å². The van der Waals surface area contributed by atoms with Crippen LogP contribution in [0.15, 0.2) is 4.47 Å². The van der Waals surface area contributed by atoms with Gasteiger partial charge in [0.2, 0.25) is 0 Å². The van der Waals surface area contributed by atoms with E-state index in [1.807, 2.05) is 18.7 Å². The van der Waals surface area contributed by atoms with E-state index in [-0.39, 0.29) is 0 Å². The van der Waals surface area contributed by atoms with Gasteiger partial charge < -0.3 is 5.32 Å². The van der Waals surface area contributed by atoms with Gasteiger partial charge in [0.05, 0.1) is 15.9 Å². The molecule has 0 aliphatic rings. The number of rotatable bonds is 7.